The smallest absolute Gasteiger partial charge is 0.340 e. The van der Waals surface area contributed by atoms with Gasteiger partial charge in [0.15, 0.2) is 0 Å². The third-order valence-electron chi connectivity index (χ3n) is 3.52. The molecule has 0 radical (unpaired) electrons. The van der Waals surface area contributed by atoms with Crippen LogP contribution in [0.4, 0.5) is 0 Å². The molecular formula is C16H12ClN3O3. The largest absolute Gasteiger partial charge is 0.465 e. The van der Waals surface area contributed by atoms with Gasteiger partial charge in [0.1, 0.15) is 17.2 Å². The highest BCUT2D eigenvalue weighted by atomic mass is 35.5. The molecule has 0 fully saturated rings. The monoisotopic (exact) mass is 329 g/mol. The van der Waals surface area contributed by atoms with E-state index in [1.165, 1.54) is 19.5 Å². The van der Waals surface area contributed by atoms with E-state index < -0.39 is 5.97 Å². The number of carbonyl (C=O) groups is 2. The summed E-state index contributed by atoms with van der Waals surface area (Å²) in [6, 6.07) is 6.55. The van der Waals surface area contributed by atoms with Crippen molar-refractivity contribution < 1.29 is 14.3 Å². The molecule has 2 aromatic heterocycles. The van der Waals surface area contributed by atoms with E-state index in [1.807, 2.05) is 0 Å². The summed E-state index contributed by atoms with van der Waals surface area (Å²) in [5.41, 5.74) is 1.65. The number of aromatic nitrogens is 3. The lowest BCUT2D eigenvalue weighted by atomic mass is 10.0. The van der Waals surface area contributed by atoms with E-state index in [4.69, 9.17) is 16.3 Å². The minimum Gasteiger partial charge on any atom is -0.465 e. The van der Waals surface area contributed by atoms with Gasteiger partial charge in [0, 0.05) is 30.3 Å². The lowest BCUT2D eigenvalue weighted by molar-refractivity contribution is 0.0602. The molecule has 0 saturated heterocycles. The molecule has 2 heterocycles. The van der Waals surface area contributed by atoms with Crippen LogP contribution in [0.1, 0.15) is 26.4 Å². The maximum atomic E-state index is 12.7. The van der Waals surface area contributed by atoms with Gasteiger partial charge in [-0.2, -0.15) is 0 Å². The van der Waals surface area contributed by atoms with E-state index in [0.29, 0.717) is 22.0 Å². The second kappa shape index (κ2) is 5.81. The Hall–Kier alpha value is -2.73. The van der Waals surface area contributed by atoms with Gasteiger partial charge in [0.05, 0.1) is 18.2 Å². The number of fused-ring (bicyclic) bond motifs is 1. The standard InChI is InChI=1S/C16H12ClN3O3/c1-20-7-11(15(21)12-6-13(17)19-8-18-12)9-4-3-5-10(14(9)20)16(22)23-2/h3-8H,1-2H3. The van der Waals surface area contributed by atoms with Gasteiger partial charge < -0.3 is 9.30 Å². The first kappa shape index (κ1) is 15.2. The molecular weight excluding hydrogens is 318 g/mol. The molecule has 0 unspecified atom stereocenters. The van der Waals surface area contributed by atoms with Crippen molar-refractivity contribution in [3.05, 3.63) is 58.8 Å². The number of nitrogens with zero attached hydrogens (tertiary/aromatic N) is 3. The molecule has 0 saturated carbocycles. The van der Waals surface area contributed by atoms with E-state index in [-0.39, 0.29) is 16.6 Å². The molecule has 7 heteroatoms. The molecule has 0 atom stereocenters. The van der Waals surface area contributed by atoms with Crippen LogP contribution in [0, 0.1) is 0 Å². The number of ether oxygens (including phenoxy) is 1. The molecule has 1 aromatic carbocycles. The fourth-order valence-corrected chi connectivity index (χ4v) is 2.67. The van der Waals surface area contributed by atoms with Crippen molar-refractivity contribution in [2.75, 3.05) is 7.11 Å². The Balaban J connectivity index is 2.20. The summed E-state index contributed by atoms with van der Waals surface area (Å²) in [6.45, 7) is 0. The molecule has 3 rings (SSSR count). The number of ketones is 1. The highest BCUT2D eigenvalue weighted by Crippen LogP contribution is 2.26. The molecule has 0 amide bonds. The summed E-state index contributed by atoms with van der Waals surface area (Å²) in [6.07, 6.45) is 2.90. The van der Waals surface area contributed by atoms with Crippen molar-refractivity contribution in [2.24, 2.45) is 7.05 Å². The molecule has 0 spiro atoms. The zero-order valence-corrected chi connectivity index (χ0v) is 13.2. The van der Waals surface area contributed by atoms with Crippen LogP contribution in [0.15, 0.2) is 36.8 Å². The number of aryl methyl sites for hydroxylation is 1. The summed E-state index contributed by atoms with van der Waals surface area (Å²) in [4.78, 5) is 32.3. The van der Waals surface area contributed by atoms with Crippen molar-refractivity contribution in [1.29, 1.82) is 0 Å². The second-order valence-corrected chi connectivity index (χ2v) is 5.29. The van der Waals surface area contributed by atoms with Gasteiger partial charge in [-0.25, -0.2) is 14.8 Å². The minimum absolute atomic E-state index is 0.193. The van der Waals surface area contributed by atoms with Gasteiger partial charge in [-0.05, 0) is 6.07 Å². The number of methoxy groups -OCH3 is 1. The van der Waals surface area contributed by atoms with Crippen LogP contribution in [-0.2, 0) is 11.8 Å². The molecule has 23 heavy (non-hydrogen) atoms. The van der Waals surface area contributed by atoms with Gasteiger partial charge in [0.25, 0.3) is 0 Å². The van der Waals surface area contributed by atoms with E-state index >= 15 is 0 Å². The zero-order valence-electron chi connectivity index (χ0n) is 12.4. The van der Waals surface area contributed by atoms with Crippen molar-refractivity contribution in [3.63, 3.8) is 0 Å². The fraction of sp³-hybridized carbons (Fsp3) is 0.125. The minimum atomic E-state index is -0.458. The maximum Gasteiger partial charge on any atom is 0.340 e. The summed E-state index contributed by atoms with van der Waals surface area (Å²) < 4.78 is 6.51. The Morgan fingerprint density at radius 1 is 1.22 bits per heavy atom. The number of hydrogen-bond acceptors (Lipinski definition) is 5. The number of carbonyl (C=O) groups excluding carboxylic acids is 2. The van der Waals surface area contributed by atoms with Gasteiger partial charge in [-0.1, -0.05) is 23.7 Å². The van der Waals surface area contributed by atoms with Crippen molar-refractivity contribution in [1.82, 2.24) is 14.5 Å². The Kier molecular flexibility index (Phi) is 3.83. The predicted octanol–water partition coefficient (Wildman–Crippen LogP) is 2.64. The lowest BCUT2D eigenvalue weighted by Gasteiger charge is -2.04. The molecule has 0 N–H and O–H groups in total. The molecule has 116 valence electrons. The average molecular weight is 330 g/mol. The van der Waals surface area contributed by atoms with Crippen LogP contribution >= 0.6 is 11.6 Å². The first-order valence-corrected chi connectivity index (χ1v) is 7.09. The van der Waals surface area contributed by atoms with Gasteiger partial charge in [-0.3, -0.25) is 4.79 Å². The third kappa shape index (κ3) is 2.57. The number of hydrogen-bond donors (Lipinski definition) is 0. The normalized spacial score (nSPS) is 10.7. The number of para-hydroxylation sites is 1. The van der Waals surface area contributed by atoms with Gasteiger partial charge in [-0.15, -0.1) is 0 Å². The first-order valence-electron chi connectivity index (χ1n) is 6.71. The average Bonchev–Trinajstić information content (AvgIpc) is 2.90. The zero-order chi connectivity index (χ0) is 16.6. The van der Waals surface area contributed by atoms with Gasteiger partial charge >= 0.3 is 5.97 Å². The number of esters is 1. The SMILES string of the molecule is COC(=O)c1cccc2c(C(=O)c3cc(Cl)ncn3)cn(C)c12. The maximum absolute atomic E-state index is 12.7. The molecule has 0 aliphatic rings. The number of halogens is 1. The third-order valence-corrected chi connectivity index (χ3v) is 3.72. The summed E-state index contributed by atoms with van der Waals surface area (Å²) in [5, 5.41) is 0.842. The first-order chi connectivity index (χ1) is 11.0. The Labute approximate surface area is 136 Å². The van der Waals surface area contributed by atoms with Crippen LogP contribution in [0.3, 0.4) is 0 Å². The molecule has 3 aromatic rings. The molecule has 0 bridgehead atoms. The van der Waals surface area contributed by atoms with Crippen molar-refractivity contribution in [3.8, 4) is 0 Å². The predicted molar refractivity (Wildman–Crippen MR) is 84.7 cm³/mol. The van der Waals surface area contributed by atoms with Crippen LogP contribution in [-0.4, -0.2) is 33.4 Å². The Morgan fingerprint density at radius 2 is 2.00 bits per heavy atom. The van der Waals surface area contributed by atoms with Gasteiger partial charge in [0.2, 0.25) is 5.78 Å². The molecule has 0 aliphatic carbocycles. The topological polar surface area (TPSA) is 74.1 Å². The summed E-state index contributed by atoms with van der Waals surface area (Å²) in [5.74, 6) is -0.747. The second-order valence-electron chi connectivity index (χ2n) is 4.90. The molecule has 6 nitrogen and oxygen atoms in total. The van der Waals surface area contributed by atoms with Crippen LogP contribution in [0.5, 0.6) is 0 Å². The number of benzene rings is 1. The van der Waals surface area contributed by atoms with E-state index in [1.54, 1.807) is 36.0 Å². The van der Waals surface area contributed by atoms with E-state index in [9.17, 15) is 9.59 Å². The summed E-state index contributed by atoms with van der Waals surface area (Å²) in [7, 11) is 3.08. The highest BCUT2D eigenvalue weighted by molar-refractivity contribution is 6.30. The van der Waals surface area contributed by atoms with Crippen LogP contribution in [0.25, 0.3) is 10.9 Å². The summed E-state index contributed by atoms with van der Waals surface area (Å²) >= 11 is 5.82. The Morgan fingerprint density at radius 3 is 2.70 bits per heavy atom. The molecule has 0 aliphatic heterocycles. The van der Waals surface area contributed by atoms with E-state index in [0.717, 1.165) is 0 Å². The highest BCUT2D eigenvalue weighted by Gasteiger charge is 2.21. The lowest BCUT2D eigenvalue weighted by Crippen LogP contribution is -2.04. The van der Waals surface area contributed by atoms with E-state index in [2.05, 4.69) is 9.97 Å². The van der Waals surface area contributed by atoms with Crippen molar-refractivity contribution in [2.45, 2.75) is 0 Å². The van der Waals surface area contributed by atoms with Crippen LogP contribution in [0.2, 0.25) is 5.15 Å². The quantitative estimate of drug-likeness (QED) is 0.419. The van der Waals surface area contributed by atoms with Crippen LogP contribution < -0.4 is 0 Å². The Bertz CT molecular complexity index is 933. The number of rotatable bonds is 3. The van der Waals surface area contributed by atoms with Crippen molar-refractivity contribution >= 4 is 34.3 Å². The fourth-order valence-electron chi connectivity index (χ4n) is 2.52.